The summed E-state index contributed by atoms with van der Waals surface area (Å²) in [5.74, 6) is -0.902. The smallest absolute Gasteiger partial charge is 0.323 e. The molecule has 0 saturated heterocycles. The van der Waals surface area contributed by atoms with Crippen LogP contribution in [-0.2, 0) is 4.79 Å². The summed E-state index contributed by atoms with van der Waals surface area (Å²) in [7, 11) is 1.69. The molecule has 0 unspecified atom stereocenters. The molecule has 4 nitrogen and oxygen atoms in total. The summed E-state index contributed by atoms with van der Waals surface area (Å²) in [6.45, 7) is 3.79. The molecule has 2 aromatic rings. The molecule has 1 aromatic carbocycles. The standard InChI is InChI=1S/C15H16N2O2S/c1-9-4-5-13-11(6-9)12(7-10(2)16-13)15(20)17(3)8-14(18)19/h4-7H,8H2,1-3H3,(H,18,19). The molecule has 0 amide bonds. The Bertz CT molecular complexity index is 698. The van der Waals surface area contributed by atoms with Gasteiger partial charge in [0.15, 0.2) is 0 Å². The molecule has 1 heterocycles. The van der Waals surface area contributed by atoms with Gasteiger partial charge in [-0.15, -0.1) is 0 Å². The van der Waals surface area contributed by atoms with Gasteiger partial charge in [-0.05, 0) is 32.0 Å². The van der Waals surface area contributed by atoms with E-state index in [0.717, 1.165) is 27.7 Å². The van der Waals surface area contributed by atoms with E-state index in [0.29, 0.717) is 4.99 Å². The highest BCUT2D eigenvalue weighted by molar-refractivity contribution is 7.80. The quantitative estimate of drug-likeness (QED) is 0.880. The molecule has 0 spiro atoms. The van der Waals surface area contributed by atoms with Crippen LogP contribution in [0.1, 0.15) is 16.8 Å². The normalized spacial score (nSPS) is 10.6. The number of benzene rings is 1. The van der Waals surface area contributed by atoms with Crippen molar-refractivity contribution in [2.24, 2.45) is 0 Å². The number of hydrogen-bond donors (Lipinski definition) is 1. The van der Waals surface area contributed by atoms with Crippen molar-refractivity contribution in [3.05, 3.63) is 41.1 Å². The largest absolute Gasteiger partial charge is 0.480 e. The zero-order valence-corrected chi connectivity index (χ0v) is 12.5. The van der Waals surface area contributed by atoms with E-state index in [4.69, 9.17) is 17.3 Å². The average molecular weight is 288 g/mol. The highest BCUT2D eigenvalue weighted by atomic mass is 32.1. The van der Waals surface area contributed by atoms with Crippen LogP contribution < -0.4 is 0 Å². The van der Waals surface area contributed by atoms with Gasteiger partial charge in [0, 0.05) is 23.7 Å². The molecule has 1 N–H and O–H groups in total. The highest BCUT2D eigenvalue weighted by Crippen LogP contribution is 2.21. The van der Waals surface area contributed by atoms with E-state index in [9.17, 15) is 4.79 Å². The maximum absolute atomic E-state index is 10.8. The molecule has 1 aromatic heterocycles. The fourth-order valence-electron chi connectivity index (χ4n) is 2.13. The van der Waals surface area contributed by atoms with Gasteiger partial charge in [-0.3, -0.25) is 9.78 Å². The number of aliphatic carboxylic acids is 1. The minimum absolute atomic E-state index is 0.118. The predicted molar refractivity (Wildman–Crippen MR) is 83.2 cm³/mol. The number of fused-ring (bicyclic) bond motifs is 1. The summed E-state index contributed by atoms with van der Waals surface area (Å²) >= 11 is 5.43. The van der Waals surface area contributed by atoms with Gasteiger partial charge in [0.2, 0.25) is 0 Å². The van der Waals surface area contributed by atoms with Crippen LogP contribution in [0.25, 0.3) is 10.9 Å². The lowest BCUT2D eigenvalue weighted by atomic mass is 10.0. The van der Waals surface area contributed by atoms with E-state index in [1.165, 1.54) is 0 Å². The zero-order chi connectivity index (χ0) is 14.9. The van der Waals surface area contributed by atoms with Gasteiger partial charge in [-0.25, -0.2) is 0 Å². The Morgan fingerprint density at radius 3 is 2.70 bits per heavy atom. The SMILES string of the molecule is Cc1ccc2nc(C)cc(C(=S)N(C)CC(=O)O)c2c1. The Hall–Kier alpha value is -2.01. The predicted octanol–water partition coefficient (Wildman–Crippen LogP) is 2.54. The highest BCUT2D eigenvalue weighted by Gasteiger charge is 2.14. The molecular formula is C15H16N2O2S. The number of carboxylic acids is 1. The van der Waals surface area contributed by atoms with Crippen LogP contribution >= 0.6 is 12.2 Å². The molecule has 0 aliphatic heterocycles. The average Bonchev–Trinajstić information content (AvgIpc) is 2.36. The first-order valence-corrected chi connectivity index (χ1v) is 6.64. The van der Waals surface area contributed by atoms with Crippen LogP contribution in [0.4, 0.5) is 0 Å². The molecule has 0 atom stereocenters. The molecular weight excluding hydrogens is 272 g/mol. The first kappa shape index (κ1) is 14.4. The summed E-state index contributed by atoms with van der Waals surface area (Å²) in [5, 5.41) is 9.83. The fourth-order valence-corrected chi connectivity index (χ4v) is 2.36. The van der Waals surface area contributed by atoms with Gasteiger partial charge in [-0.1, -0.05) is 23.8 Å². The topological polar surface area (TPSA) is 53.4 Å². The third-order valence-corrected chi connectivity index (χ3v) is 3.57. The maximum Gasteiger partial charge on any atom is 0.323 e. The van der Waals surface area contributed by atoms with Crippen molar-refractivity contribution in [2.75, 3.05) is 13.6 Å². The van der Waals surface area contributed by atoms with Crippen LogP contribution in [0.15, 0.2) is 24.3 Å². The first-order valence-electron chi connectivity index (χ1n) is 6.24. The molecule has 20 heavy (non-hydrogen) atoms. The van der Waals surface area contributed by atoms with E-state index < -0.39 is 5.97 Å². The van der Waals surface area contributed by atoms with Crippen LogP contribution in [-0.4, -0.2) is 39.5 Å². The van der Waals surface area contributed by atoms with Crippen LogP contribution in [0.5, 0.6) is 0 Å². The van der Waals surface area contributed by atoms with Gasteiger partial charge >= 0.3 is 5.97 Å². The Balaban J connectivity index is 2.55. The van der Waals surface area contributed by atoms with E-state index in [-0.39, 0.29) is 6.54 Å². The number of nitrogens with zero attached hydrogens (tertiary/aromatic N) is 2. The Morgan fingerprint density at radius 1 is 1.35 bits per heavy atom. The van der Waals surface area contributed by atoms with Crippen molar-refractivity contribution in [2.45, 2.75) is 13.8 Å². The second kappa shape index (κ2) is 5.54. The van der Waals surface area contributed by atoms with Crippen LogP contribution in [0.3, 0.4) is 0 Å². The Morgan fingerprint density at radius 2 is 2.05 bits per heavy atom. The van der Waals surface area contributed by atoms with E-state index in [1.807, 2.05) is 38.1 Å². The van der Waals surface area contributed by atoms with Crippen molar-refractivity contribution in [1.82, 2.24) is 9.88 Å². The van der Waals surface area contributed by atoms with Gasteiger partial charge in [-0.2, -0.15) is 0 Å². The lowest BCUT2D eigenvalue weighted by Gasteiger charge is -2.19. The number of hydrogen-bond acceptors (Lipinski definition) is 3. The molecule has 104 valence electrons. The molecule has 0 radical (unpaired) electrons. The van der Waals surface area contributed by atoms with Gasteiger partial charge in [0.05, 0.1) is 5.52 Å². The maximum atomic E-state index is 10.8. The van der Waals surface area contributed by atoms with Crippen LogP contribution in [0, 0.1) is 13.8 Å². The summed E-state index contributed by atoms with van der Waals surface area (Å²) in [4.78, 5) is 17.4. The second-order valence-corrected chi connectivity index (χ2v) is 5.27. The summed E-state index contributed by atoms with van der Waals surface area (Å²) in [5.41, 5.74) is 3.71. The number of pyridine rings is 1. The van der Waals surface area contributed by atoms with Gasteiger partial charge in [0.25, 0.3) is 0 Å². The number of carbonyl (C=O) groups is 1. The van der Waals surface area contributed by atoms with Crippen molar-refractivity contribution in [3.63, 3.8) is 0 Å². The van der Waals surface area contributed by atoms with E-state index in [2.05, 4.69) is 4.98 Å². The summed E-state index contributed by atoms with van der Waals surface area (Å²) < 4.78 is 0. The van der Waals surface area contributed by atoms with Gasteiger partial charge < -0.3 is 10.0 Å². The minimum Gasteiger partial charge on any atom is -0.480 e. The number of carboxylic acid groups (broad SMARTS) is 1. The Labute approximate surface area is 123 Å². The third kappa shape index (κ3) is 2.93. The summed E-state index contributed by atoms with van der Waals surface area (Å²) in [6, 6.07) is 7.89. The molecule has 0 bridgehead atoms. The zero-order valence-electron chi connectivity index (χ0n) is 11.7. The summed E-state index contributed by atoms with van der Waals surface area (Å²) in [6.07, 6.45) is 0. The molecule has 0 aliphatic carbocycles. The van der Waals surface area contributed by atoms with Crippen molar-refractivity contribution in [3.8, 4) is 0 Å². The lowest BCUT2D eigenvalue weighted by Crippen LogP contribution is -2.31. The number of rotatable bonds is 3. The molecule has 2 rings (SSSR count). The van der Waals surface area contributed by atoms with Crippen molar-refractivity contribution in [1.29, 1.82) is 0 Å². The van der Waals surface area contributed by atoms with Crippen molar-refractivity contribution >= 4 is 34.1 Å². The van der Waals surface area contributed by atoms with E-state index >= 15 is 0 Å². The van der Waals surface area contributed by atoms with E-state index in [1.54, 1.807) is 11.9 Å². The van der Waals surface area contributed by atoms with Crippen LogP contribution in [0.2, 0.25) is 0 Å². The molecule has 0 aliphatic rings. The van der Waals surface area contributed by atoms with Crippen molar-refractivity contribution < 1.29 is 9.90 Å². The fraction of sp³-hybridized carbons (Fsp3) is 0.267. The second-order valence-electron chi connectivity index (χ2n) is 4.89. The first-order chi connectivity index (χ1) is 9.38. The Kier molecular flexibility index (Phi) is 3.99. The molecule has 0 fully saturated rings. The lowest BCUT2D eigenvalue weighted by molar-refractivity contribution is -0.137. The van der Waals surface area contributed by atoms with Gasteiger partial charge in [0.1, 0.15) is 11.5 Å². The number of thiocarbonyl (C=S) groups is 1. The minimum atomic E-state index is -0.902. The molecule has 5 heteroatoms. The number of aryl methyl sites for hydroxylation is 2. The molecule has 0 saturated carbocycles. The number of aromatic nitrogens is 1. The number of likely N-dealkylation sites (N-methyl/N-ethyl adjacent to an activating group) is 1. The third-order valence-electron chi connectivity index (χ3n) is 3.04. The monoisotopic (exact) mass is 288 g/mol.